The zero-order valence-electron chi connectivity index (χ0n) is 20.4. The summed E-state index contributed by atoms with van der Waals surface area (Å²) in [6.07, 6.45) is 1.89. The molecule has 4 rings (SSSR count). The first-order valence-electron chi connectivity index (χ1n) is 10.9. The van der Waals surface area contributed by atoms with Gasteiger partial charge in [-0.05, 0) is 38.5 Å². The highest BCUT2D eigenvalue weighted by atomic mass is 32.2. The molecular formula is C24H26N4O6S2. The zero-order valence-corrected chi connectivity index (χ0v) is 22.1. The third-order valence-electron chi connectivity index (χ3n) is 5.61. The van der Waals surface area contributed by atoms with Crippen molar-refractivity contribution in [3.8, 4) is 22.9 Å². The molecule has 3 heterocycles. The number of pyridine rings is 1. The van der Waals surface area contributed by atoms with Crippen LogP contribution in [0.4, 0.5) is 9.93 Å². The van der Waals surface area contributed by atoms with Crippen LogP contribution in [-0.2, 0) is 16.4 Å². The largest absolute Gasteiger partial charge is 0.497 e. The lowest BCUT2D eigenvalue weighted by molar-refractivity contribution is 0.201. The van der Waals surface area contributed by atoms with E-state index in [9.17, 15) is 18.3 Å². The van der Waals surface area contributed by atoms with E-state index in [1.807, 2.05) is 0 Å². The van der Waals surface area contributed by atoms with Crippen molar-refractivity contribution >= 4 is 38.0 Å². The van der Waals surface area contributed by atoms with Gasteiger partial charge >= 0.3 is 6.09 Å². The van der Waals surface area contributed by atoms with E-state index in [1.54, 1.807) is 74.2 Å². The lowest BCUT2D eigenvalue weighted by Gasteiger charge is -2.21. The molecule has 0 saturated heterocycles. The molecule has 1 aromatic carbocycles. The number of anilines is 1. The highest BCUT2D eigenvalue weighted by molar-refractivity contribution is 7.92. The number of ether oxygens (including phenoxy) is 2. The van der Waals surface area contributed by atoms with Crippen molar-refractivity contribution in [3.63, 3.8) is 0 Å². The summed E-state index contributed by atoms with van der Waals surface area (Å²) in [5.74, 6) is 0.874. The first kappa shape index (κ1) is 25.5. The first-order chi connectivity index (χ1) is 17.0. The maximum Gasteiger partial charge on any atom is 0.413 e. The van der Waals surface area contributed by atoms with Gasteiger partial charge < -0.3 is 14.6 Å². The Hall–Kier alpha value is -3.64. The molecule has 190 valence electrons. The number of methoxy groups -OCH3 is 2. The molecule has 10 nitrogen and oxygen atoms in total. The Kier molecular flexibility index (Phi) is 6.67. The number of hydrogen-bond acceptors (Lipinski definition) is 8. The molecule has 0 saturated carbocycles. The standard InChI is InChI=1S/C24H26N4O6S2/c1-24(2,3)36(31,32)20-13-27-18(11-25-21(27)10-19(20)34-5)17-14-35-22(26-17)28(23(29)30)12-15-6-8-16(33-4)9-7-15/h6-11,13-14H,12H2,1-5H3,(H,29,30). The molecule has 0 unspecified atom stereocenters. The van der Waals surface area contributed by atoms with Gasteiger partial charge in [0.15, 0.2) is 15.0 Å². The molecular weight excluding hydrogens is 504 g/mol. The molecule has 0 fully saturated rings. The first-order valence-corrected chi connectivity index (χ1v) is 13.2. The summed E-state index contributed by atoms with van der Waals surface area (Å²) in [6.45, 7) is 4.97. The molecule has 36 heavy (non-hydrogen) atoms. The Morgan fingerprint density at radius 2 is 1.86 bits per heavy atom. The van der Waals surface area contributed by atoms with E-state index in [1.165, 1.54) is 24.6 Å². The number of carboxylic acid groups (broad SMARTS) is 1. The Morgan fingerprint density at radius 1 is 1.17 bits per heavy atom. The molecule has 0 spiro atoms. The van der Waals surface area contributed by atoms with E-state index in [4.69, 9.17) is 9.47 Å². The number of fused-ring (bicyclic) bond motifs is 1. The van der Waals surface area contributed by atoms with Gasteiger partial charge in [-0.25, -0.2) is 28.1 Å². The third kappa shape index (κ3) is 4.61. The fraction of sp³-hybridized carbons (Fsp3) is 0.292. The van der Waals surface area contributed by atoms with Gasteiger partial charge in [-0.3, -0.25) is 4.40 Å². The summed E-state index contributed by atoms with van der Waals surface area (Å²) >= 11 is 1.17. The molecule has 4 aromatic rings. The van der Waals surface area contributed by atoms with Crippen molar-refractivity contribution in [2.24, 2.45) is 0 Å². The van der Waals surface area contributed by atoms with Crippen LogP contribution in [0.1, 0.15) is 26.3 Å². The highest BCUT2D eigenvalue weighted by Gasteiger charge is 2.34. The van der Waals surface area contributed by atoms with Gasteiger partial charge in [-0.1, -0.05) is 12.1 Å². The van der Waals surface area contributed by atoms with Gasteiger partial charge in [0.25, 0.3) is 0 Å². The molecule has 1 N–H and O–H groups in total. The number of carbonyl (C=O) groups is 1. The fourth-order valence-electron chi connectivity index (χ4n) is 3.50. The predicted octanol–water partition coefficient (Wildman–Crippen LogP) is 4.73. The van der Waals surface area contributed by atoms with Gasteiger partial charge in [0, 0.05) is 17.6 Å². The molecule has 0 radical (unpaired) electrons. The van der Waals surface area contributed by atoms with E-state index in [0.29, 0.717) is 22.8 Å². The Morgan fingerprint density at radius 3 is 2.44 bits per heavy atom. The number of nitrogens with zero attached hydrogens (tertiary/aromatic N) is 4. The van der Waals surface area contributed by atoms with Crippen LogP contribution in [-0.4, -0.2) is 53.0 Å². The molecule has 0 bridgehead atoms. The van der Waals surface area contributed by atoms with Crippen molar-refractivity contribution in [3.05, 3.63) is 53.7 Å². The third-order valence-corrected chi connectivity index (χ3v) is 8.97. The van der Waals surface area contributed by atoms with E-state index >= 15 is 0 Å². The zero-order chi connectivity index (χ0) is 26.3. The van der Waals surface area contributed by atoms with E-state index in [0.717, 1.165) is 10.5 Å². The second-order valence-corrected chi connectivity index (χ2v) is 12.4. The molecule has 0 aliphatic rings. The van der Waals surface area contributed by atoms with E-state index < -0.39 is 20.7 Å². The van der Waals surface area contributed by atoms with Crippen LogP contribution in [0.3, 0.4) is 0 Å². The Bertz CT molecular complexity index is 1520. The average molecular weight is 531 g/mol. The molecule has 3 aromatic heterocycles. The van der Waals surface area contributed by atoms with Crippen molar-refractivity contribution in [2.45, 2.75) is 37.0 Å². The van der Waals surface area contributed by atoms with Crippen molar-refractivity contribution in [2.75, 3.05) is 19.1 Å². The predicted molar refractivity (Wildman–Crippen MR) is 137 cm³/mol. The number of hydrogen-bond donors (Lipinski definition) is 1. The van der Waals surface area contributed by atoms with Gasteiger partial charge in [-0.15, -0.1) is 11.3 Å². The monoisotopic (exact) mass is 530 g/mol. The Balaban J connectivity index is 1.74. The smallest absolute Gasteiger partial charge is 0.413 e. The van der Waals surface area contributed by atoms with Crippen LogP contribution in [0.5, 0.6) is 11.5 Å². The van der Waals surface area contributed by atoms with Gasteiger partial charge in [0.05, 0.1) is 37.4 Å². The topological polar surface area (TPSA) is 123 Å². The van der Waals surface area contributed by atoms with E-state index in [-0.39, 0.29) is 22.3 Å². The van der Waals surface area contributed by atoms with Crippen LogP contribution in [0.15, 0.2) is 53.0 Å². The molecule has 1 amide bonds. The van der Waals surface area contributed by atoms with Crippen molar-refractivity contribution < 1.29 is 27.8 Å². The minimum atomic E-state index is -3.73. The minimum Gasteiger partial charge on any atom is -0.497 e. The maximum absolute atomic E-state index is 13.2. The number of rotatable bonds is 7. The summed E-state index contributed by atoms with van der Waals surface area (Å²) in [5, 5.41) is 11.8. The maximum atomic E-state index is 13.2. The van der Waals surface area contributed by atoms with Crippen molar-refractivity contribution in [1.29, 1.82) is 0 Å². The van der Waals surface area contributed by atoms with Crippen molar-refractivity contribution in [1.82, 2.24) is 14.4 Å². The van der Waals surface area contributed by atoms with Crippen LogP contribution in [0, 0.1) is 0 Å². The number of aromatic nitrogens is 3. The average Bonchev–Trinajstić information content (AvgIpc) is 3.47. The lowest BCUT2D eigenvalue weighted by atomic mass is 10.2. The number of sulfone groups is 1. The number of amides is 1. The molecule has 0 aliphatic carbocycles. The number of imidazole rings is 1. The normalized spacial score (nSPS) is 12.0. The highest BCUT2D eigenvalue weighted by Crippen LogP contribution is 2.35. The van der Waals surface area contributed by atoms with Crippen LogP contribution in [0.25, 0.3) is 17.0 Å². The van der Waals surface area contributed by atoms with Crippen LogP contribution >= 0.6 is 11.3 Å². The molecule has 12 heteroatoms. The summed E-state index contributed by atoms with van der Waals surface area (Å²) in [5.41, 5.74) is 2.23. The molecule has 0 aliphatic heterocycles. The minimum absolute atomic E-state index is 0.0337. The number of thiazole rings is 1. The van der Waals surface area contributed by atoms with Crippen LogP contribution < -0.4 is 14.4 Å². The summed E-state index contributed by atoms with van der Waals surface area (Å²) in [7, 11) is -0.760. The van der Waals surface area contributed by atoms with Gasteiger partial charge in [0.1, 0.15) is 27.7 Å². The SMILES string of the molecule is COc1ccc(CN(C(=O)O)c2nc(-c3cnc4cc(OC)c(S(=O)(=O)C(C)(C)C)cn34)cs2)cc1. The summed E-state index contributed by atoms with van der Waals surface area (Å²) < 4.78 is 37.5. The molecule has 0 atom stereocenters. The van der Waals surface area contributed by atoms with Gasteiger partial charge in [0.2, 0.25) is 0 Å². The van der Waals surface area contributed by atoms with E-state index in [2.05, 4.69) is 9.97 Å². The van der Waals surface area contributed by atoms with Crippen LogP contribution in [0.2, 0.25) is 0 Å². The Labute approximate surface area is 212 Å². The summed E-state index contributed by atoms with van der Waals surface area (Å²) in [4.78, 5) is 22.1. The quantitative estimate of drug-likeness (QED) is 0.364. The van der Waals surface area contributed by atoms with Gasteiger partial charge in [-0.2, -0.15) is 0 Å². The number of benzene rings is 1. The second-order valence-electron chi connectivity index (χ2n) is 8.93. The summed E-state index contributed by atoms with van der Waals surface area (Å²) in [6, 6.07) is 8.66. The second kappa shape index (κ2) is 9.43. The fourth-order valence-corrected chi connectivity index (χ4v) is 5.63. The lowest BCUT2D eigenvalue weighted by Crippen LogP contribution is -2.28.